The second-order valence-electron chi connectivity index (χ2n) is 9.86. The summed E-state index contributed by atoms with van der Waals surface area (Å²) < 4.78 is 1.60. The molecule has 0 aliphatic heterocycles. The Morgan fingerprint density at radius 2 is 1.55 bits per heavy atom. The van der Waals surface area contributed by atoms with E-state index in [1.807, 2.05) is 54.6 Å². The molecule has 1 heterocycles. The number of aromatic nitrogens is 2. The van der Waals surface area contributed by atoms with Crippen LogP contribution in [0.1, 0.15) is 47.2 Å². The number of amides is 1. The first-order chi connectivity index (χ1) is 18.6. The molecule has 1 aromatic heterocycles. The van der Waals surface area contributed by atoms with E-state index in [1.165, 1.54) is 5.56 Å². The lowest BCUT2D eigenvalue weighted by molar-refractivity contribution is 0.0977. The maximum Gasteiger partial charge on any atom is 0.263 e. The lowest BCUT2D eigenvalue weighted by atomic mass is 9.68. The molecular weight excluding hydrogens is 494 g/mol. The number of rotatable bonds is 4. The third kappa shape index (κ3) is 4.26. The number of hydrogen-bond donors (Lipinski definition) is 3. The number of nitrogens with one attached hydrogen (secondary N) is 3. The molecule has 2 aliphatic carbocycles. The SMILES string of the molecule is O=C(NC(=S)NNc1nc2c(c(=O)n1-c1ccccc1)C1(CCCC1)Cc1ccccc1-2)c1ccccc1. The second-order valence-corrected chi connectivity index (χ2v) is 10.3. The molecule has 1 spiro atoms. The fourth-order valence-corrected chi connectivity index (χ4v) is 5.98. The first-order valence-electron chi connectivity index (χ1n) is 12.8. The average molecular weight is 522 g/mol. The smallest absolute Gasteiger partial charge is 0.263 e. The van der Waals surface area contributed by atoms with E-state index in [0.717, 1.165) is 48.9 Å². The summed E-state index contributed by atoms with van der Waals surface area (Å²) in [4.78, 5) is 31.9. The van der Waals surface area contributed by atoms with Gasteiger partial charge in [-0.1, -0.05) is 73.5 Å². The zero-order valence-electron chi connectivity index (χ0n) is 20.7. The summed E-state index contributed by atoms with van der Waals surface area (Å²) in [6.07, 6.45) is 5.00. The molecule has 3 N–H and O–H groups in total. The largest absolute Gasteiger partial charge is 0.298 e. The van der Waals surface area contributed by atoms with E-state index < -0.39 is 0 Å². The van der Waals surface area contributed by atoms with E-state index in [0.29, 0.717) is 17.2 Å². The Hall–Kier alpha value is -4.30. The predicted molar refractivity (Wildman–Crippen MR) is 152 cm³/mol. The standard InChI is InChI=1S/C30H27N5O2S/c36-26(20-11-3-1-4-12-20)32-29(38)34-33-28-31-25-23-16-8-7-13-21(23)19-30(17-9-10-18-30)24(25)27(37)35(28)22-14-5-2-6-15-22/h1-8,11-16H,9-10,17-19H2,(H,31,33)(H2,32,34,36,38). The van der Waals surface area contributed by atoms with Crippen LogP contribution in [0, 0.1) is 0 Å². The normalized spacial score (nSPS) is 14.8. The predicted octanol–water partition coefficient (Wildman–Crippen LogP) is 4.90. The van der Waals surface area contributed by atoms with Crippen molar-refractivity contribution in [2.24, 2.45) is 0 Å². The van der Waals surface area contributed by atoms with Crippen LogP contribution in [0.15, 0.2) is 89.7 Å². The fourth-order valence-electron chi connectivity index (χ4n) is 5.84. The Morgan fingerprint density at radius 1 is 0.895 bits per heavy atom. The Labute approximate surface area is 225 Å². The van der Waals surface area contributed by atoms with Crippen LogP contribution in [-0.2, 0) is 11.8 Å². The van der Waals surface area contributed by atoms with Gasteiger partial charge in [-0.05, 0) is 61.3 Å². The molecule has 7 nitrogen and oxygen atoms in total. The van der Waals surface area contributed by atoms with Crippen LogP contribution in [0.4, 0.5) is 5.95 Å². The Bertz CT molecular complexity index is 1580. The van der Waals surface area contributed by atoms with Crippen LogP contribution in [-0.4, -0.2) is 20.6 Å². The van der Waals surface area contributed by atoms with Gasteiger partial charge in [0.05, 0.1) is 16.9 Å². The Morgan fingerprint density at radius 3 is 2.29 bits per heavy atom. The van der Waals surface area contributed by atoms with Crippen LogP contribution in [0.25, 0.3) is 16.9 Å². The van der Waals surface area contributed by atoms with E-state index in [2.05, 4.69) is 22.2 Å². The third-order valence-electron chi connectivity index (χ3n) is 7.54. The summed E-state index contributed by atoms with van der Waals surface area (Å²) >= 11 is 5.37. The fraction of sp³-hybridized carbons (Fsp3) is 0.200. The highest BCUT2D eigenvalue weighted by molar-refractivity contribution is 7.80. The molecule has 8 heteroatoms. The molecule has 1 fully saturated rings. The molecule has 0 saturated heterocycles. The minimum atomic E-state index is -0.333. The van der Waals surface area contributed by atoms with Crippen LogP contribution < -0.4 is 21.7 Å². The number of benzene rings is 3. The van der Waals surface area contributed by atoms with Crippen molar-refractivity contribution in [2.45, 2.75) is 37.5 Å². The maximum atomic E-state index is 14.4. The number of thiocarbonyl (C=S) groups is 1. The lowest BCUT2D eigenvalue weighted by Crippen LogP contribution is -2.44. The maximum absolute atomic E-state index is 14.4. The van der Waals surface area contributed by atoms with Crippen molar-refractivity contribution in [3.8, 4) is 16.9 Å². The summed E-state index contributed by atoms with van der Waals surface area (Å²) in [6.45, 7) is 0. The summed E-state index contributed by atoms with van der Waals surface area (Å²) in [5.41, 5.74) is 10.5. The molecule has 1 amide bonds. The van der Waals surface area contributed by atoms with Crippen LogP contribution in [0.2, 0.25) is 0 Å². The Kier molecular flexibility index (Phi) is 6.25. The topological polar surface area (TPSA) is 88.1 Å². The molecule has 2 aliphatic rings. The van der Waals surface area contributed by atoms with Crippen molar-refractivity contribution < 1.29 is 4.79 Å². The zero-order chi connectivity index (χ0) is 26.1. The molecular formula is C30H27N5O2S. The third-order valence-corrected chi connectivity index (χ3v) is 7.74. The number of anilines is 1. The van der Waals surface area contributed by atoms with Crippen LogP contribution in [0.3, 0.4) is 0 Å². The van der Waals surface area contributed by atoms with Gasteiger partial charge in [0.25, 0.3) is 11.5 Å². The highest BCUT2D eigenvalue weighted by atomic mass is 32.1. The van der Waals surface area contributed by atoms with E-state index in [1.54, 1.807) is 28.8 Å². The van der Waals surface area contributed by atoms with Crippen molar-refractivity contribution in [3.63, 3.8) is 0 Å². The van der Waals surface area contributed by atoms with Crippen LogP contribution >= 0.6 is 12.2 Å². The molecule has 190 valence electrons. The van der Waals surface area contributed by atoms with Gasteiger partial charge < -0.3 is 0 Å². The number of nitrogens with zero attached hydrogens (tertiary/aromatic N) is 2. The van der Waals surface area contributed by atoms with Crippen molar-refractivity contribution in [1.82, 2.24) is 20.3 Å². The van der Waals surface area contributed by atoms with Crippen LogP contribution in [0.5, 0.6) is 0 Å². The number of carbonyl (C=O) groups excluding carboxylic acids is 1. The van der Waals surface area contributed by atoms with E-state index in [9.17, 15) is 9.59 Å². The monoisotopic (exact) mass is 521 g/mol. The molecule has 0 bridgehead atoms. The number of para-hydroxylation sites is 1. The summed E-state index contributed by atoms with van der Waals surface area (Å²) in [5, 5.41) is 2.73. The van der Waals surface area contributed by atoms with E-state index in [4.69, 9.17) is 17.2 Å². The number of carbonyl (C=O) groups is 1. The minimum Gasteiger partial charge on any atom is -0.298 e. The summed E-state index contributed by atoms with van der Waals surface area (Å²) in [7, 11) is 0. The summed E-state index contributed by atoms with van der Waals surface area (Å²) in [6, 6.07) is 26.5. The molecule has 0 unspecified atom stereocenters. The van der Waals surface area contributed by atoms with Gasteiger partial charge in [0.15, 0.2) is 5.11 Å². The quantitative estimate of drug-likeness (QED) is 0.262. The summed E-state index contributed by atoms with van der Waals surface area (Å²) in [5.74, 6) is -0.0398. The second kappa shape index (κ2) is 9.87. The highest BCUT2D eigenvalue weighted by Crippen LogP contribution is 2.49. The van der Waals surface area contributed by atoms with E-state index in [-0.39, 0.29) is 22.0 Å². The van der Waals surface area contributed by atoms with Gasteiger partial charge in [-0.15, -0.1) is 0 Å². The van der Waals surface area contributed by atoms with Gasteiger partial charge in [0, 0.05) is 16.5 Å². The Balaban J connectivity index is 1.42. The van der Waals surface area contributed by atoms with Crippen molar-refractivity contribution in [2.75, 3.05) is 5.43 Å². The van der Waals surface area contributed by atoms with Crippen molar-refractivity contribution in [3.05, 3.63) is 112 Å². The number of fused-ring (bicyclic) bond motifs is 4. The zero-order valence-corrected chi connectivity index (χ0v) is 21.6. The highest BCUT2D eigenvalue weighted by Gasteiger charge is 2.44. The number of hydrazine groups is 1. The van der Waals surface area contributed by atoms with Gasteiger partial charge in [-0.2, -0.15) is 0 Å². The first-order valence-corrected chi connectivity index (χ1v) is 13.2. The van der Waals surface area contributed by atoms with Gasteiger partial charge in [-0.3, -0.25) is 25.8 Å². The lowest BCUT2D eigenvalue weighted by Gasteiger charge is -2.36. The number of hydrogen-bond acceptors (Lipinski definition) is 5. The molecule has 3 aromatic carbocycles. The molecule has 1 saturated carbocycles. The molecule has 38 heavy (non-hydrogen) atoms. The molecule has 0 radical (unpaired) electrons. The molecule has 0 atom stereocenters. The van der Waals surface area contributed by atoms with Gasteiger partial charge in [0.1, 0.15) is 0 Å². The van der Waals surface area contributed by atoms with Crippen molar-refractivity contribution in [1.29, 1.82) is 0 Å². The molecule has 6 rings (SSSR count). The van der Waals surface area contributed by atoms with Crippen molar-refractivity contribution >= 4 is 29.2 Å². The minimum absolute atomic E-state index is 0.0677. The molecule has 4 aromatic rings. The van der Waals surface area contributed by atoms with Gasteiger partial charge in [0.2, 0.25) is 5.95 Å². The first kappa shape index (κ1) is 24.1. The van der Waals surface area contributed by atoms with Gasteiger partial charge >= 0.3 is 0 Å². The van der Waals surface area contributed by atoms with E-state index >= 15 is 0 Å². The average Bonchev–Trinajstić information content (AvgIpc) is 3.41. The van der Waals surface area contributed by atoms with Gasteiger partial charge in [-0.25, -0.2) is 9.55 Å².